The van der Waals surface area contributed by atoms with Crippen LogP contribution in [0.1, 0.15) is 18.1 Å². The van der Waals surface area contributed by atoms with Crippen molar-refractivity contribution in [3.8, 4) is 16.9 Å². The molecule has 0 saturated heterocycles. The first-order valence-corrected chi connectivity index (χ1v) is 6.93. The highest BCUT2D eigenvalue weighted by Gasteiger charge is 2.13. The van der Waals surface area contributed by atoms with Crippen molar-refractivity contribution in [2.24, 2.45) is 0 Å². The number of hydrogen-bond acceptors (Lipinski definition) is 2. The predicted octanol–water partition coefficient (Wildman–Crippen LogP) is 3.40. The van der Waals surface area contributed by atoms with Crippen LogP contribution in [0, 0.1) is 0 Å². The van der Waals surface area contributed by atoms with E-state index in [0.717, 1.165) is 25.3 Å². The van der Waals surface area contributed by atoms with E-state index in [-0.39, 0.29) is 0 Å². The Labute approximate surface area is 114 Å². The zero-order chi connectivity index (χ0) is 13.1. The molecule has 2 heteroatoms. The van der Waals surface area contributed by atoms with Crippen LogP contribution >= 0.6 is 0 Å². The molecule has 1 aliphatic heterocycles. The maximum Gasteiger partial charge on any atom is 0.119 e. The highest BCUT2D eigenvalue weighted by atomic mass is 16.5. The molecule has 2 aromatic carbocycles. The third kappa shape index (κ3) is 2.49. The van der Waals surface area contributed by atoms with Crippen LogP contribution in [0.25, 0.3) is 11.1 Å². The molecule has 0 aliphatic carbocycles. The van der Waals surface area contributed by atoms with Gasteiger partial charge in [0.2, 0.25) is 0 Å². The average Bonchev–Trinajstić information content (AvgIpc) is 2.48. The molecule has 19 heavy (non-hydrogen) atoms. The summed E-state index contributed by atoms with van der Waals surface area (Å²) in [6.07, 6.45) is 1.13. The Morgan fingerprint density at radius 2 is 1.95 bits per heavy atom. The van der Waals surface area contributed by atoms with Crippen molar-refractivity contribution in [2.45, 2.75) is 19.9 Å². The van der Waals surface area contributed by atoms with Crippen LogP contribution in [-0.2, 0) is 13.0 Å². The lowest BCUT2D eigenvalue weighted by atomic mass is 9.92. The van der Waals surface area contributed by atoms with Gasteiger partial charge in [0.05, 0.1) is 6.61 Å². The van der Waals surface area contributed by atoms with Gasteiger partial charge in [-0.15, -0.1) is 0 Å². The van der Waals surface area contributed by atoms with Crippen LogP contribution < -0.4 is 10.1 Å². The molecule has 0 radical (unpaired) electrons. The number of benzene rings is 2. The standard InChI is InChI=1S/C17H19NO/c1-2-19-15-8-6-14(7-9-15)16-5-3-4-13-10-11-18-12-17(13)16/h3-9,18H,2,10-12H2,1H3. The minimum absolute atomic E-state index is 0.712. The van der Waals surface area contributed by atoms with Gasteiger partial charge in [-0.25, -0.2) is 0 Å². The average molecular weight is 253 g/mol. The molecule has 98 valence electrons. The van der Waals surface area contributed by atoms with Gasteiger partial charge < -0.3 is 10.1 Å². The number of ether oxygens (including phenoxy) is 1. The summed E-state index contributed by atoms with van der Waals surface area (Å²) in [4.78, 5) is 0. The molecule has 0 atom stereocenters. The molecule has 0 fully saturated rings. The Balaban J connectivity index is 1.97. The second-order valence-corrected chi connectivity index (χ2v) is 4.83. The Hall–Kier alpha value is -1.80. The summed E-state index contributed by atoms with van der Waals surface area (Å²) in [5.41, 5.74) is 5.53. The second-order valence-electron chi connectivity index (χ2n) is 4.83. The summed E-state index contributed by atoms with van der Waals surface area (Å²) in [6.45, 7) is 4.77. The minimum atomic E-state index is 0.712. The molecular formula is C17H19NO. The summed E-state index contributed by atoms with van der Waals surface area (Å²) < 4.78 is 5.50. The number of rotatable bonds is 3. The Bertz CT molecular complexity index is 560. The molecule has 1 N–H and O–H groups in total. The van der Waals surface area contributed by atoms with Crippen LogP contribution in [0.15, 0.2) is 42.5 Å². The third-order valence-electron chi connectivity index (χ3n) is 3.62. The van der Waals surface area contributed by atoms with Gasteiger partial charge in [0.25, 0.3) is 0 Å². The van der Waals surface area contributed by atoms with Gasteiger partial charge in [0.1, 0.15) is 5.75 Å². The van der Waals surface area contributed by atoms with Crippen LogP contribution in [0.3, 0.4) is 0 Å². The van der Waals surface area contributed by atoms with Crippen molar-refractivity contribution in [1.29, 1.82) is 0 Å². The number of hydrogen-bond donors (Lipinski definition) is 1. The summed E-state index contributed by atoms with van der Waals surface area (Å²) in [6, 6.07) is 15.0. The molecule has 2 aromatic rings. The molecule has 1 heterocycles. The van der Waals surface area contributed by atoms with E-state index in [1.807, 2.05) is 6.92 Å². The quantitative estimate of drug-likeness (QED) is 0.905. The lowest BCUT2D eigenvalue weighted by Crippen LogP contribution is -2.24. The van der Waals surface area contributed by atoms with Crippen molar-refractivity contribution in [3.63, 3.8) is 0 Å². The van der Waals surface area contributed by atoms with E-state index in [2.05, 4.69) is 47.8 Å². The fourth-order valence-electron chi connectivity index (χ4n) is 2.68. The van der Waals surface area contributed by atoms with E-state index in [1.54, 1.807) is 0 Å². The molecular weight excluding hydrogens is 234 g/mol. The van der Waals surface area contributed by atoms with Crippen LogP contribution in [0.2, 0.25) is 0 Å². The fraction of sp³-hybridized carbons (Fsp3) is 0.294. The molecule has 0 bridgehead atoms. The second kappa shape index (κ2) is 5.45. The van der Waals surface area contributed by atoms with Gasteiger partial charge in [-0.3, -0.25) is 0 Å². The van der Waals surface area contributed by atoms with Crippen LogP contribution in [0.4, 0.5) is 0 Å². The molecule has 1 aliphatic rings. The topological polar surface area (TPSA) is 21.3 Å². The predicted molar refractivity (Wildman–Crippen MR) is 78.5 cm³/mol. The van der Waals surface area contributed by atoms with Gasteiger partial charge in [-0.05, 0) is 54.3 Å². The lowest BCUT2D eigenvalue weighted by molar-refractivity contribution is 0.340. The van der Waals surface area contributed by atoms with Gasteiger partial charge in [-0.2, -0.15) is 0 Å². The van der Waals surface area contributed by atoms with Crippen molar-refractivity contribution in [1.82, 2.24) is 5.32 Å². The van der Waals surface area contributed by atoms with E-state index in [1.165, 1.54) is 22.3 Å². The normalized spacial score (nSPS) is 13.9. The van der Waals surface area contributed by atoms with Crippen molar-refractivity contribution >= 4 is 0 Å². The van der Waals surface area contributed by atoms with E-state index in [4.69, 9.17) is 4.74 Å². The Kier molecular flexibility index (Phi) is 3.51. The lowest BCUT2D eigenvalue weighted by Gasteiger charge is -2.20. The van der Waals surface area contributed by atoms with Crippen LogP contribution in [0.5, 0.6) is 5.75 Å². The van der Waals surface area contributed by atoms with Gasteiger partial charge >= 0.3 is 0 Å². The van der Waals surface area contributed by atoms with Crippen molar-refractivity contribution in [2.75, 3.05) is 13.2 Å². The summed E-state index contributed by atoms with van der Waals surface area (Å²) >= 11 is 0. The Morgan fingerprint density at radius 1 is 1.11 bits per heavy atom. The van der Waals surface area contributed by atoms with Gasteiger partial charge in [-0.1, -0.05) is 30.3 Å². The molecule has 0 amide bonds. The van der Waals surface area contributed by atoms with Crippen molar-refractivity contribution < 1.29 is 4.74 Å². The molecule has 0 spiro atoms. The van der Waals surface area contributed by atoms with Crippen molar-refractivity contribution in [3.05, 3.63) is 53.6 Å². The first kappa shape index (κ1) is 12.2. The first-order valence-electron chi connectivity index (χ1n) is 6.93. The molecule has 0 saturated carbocycles. The van der Waals surface area contributed by atoms with E-state index in [9.17, 15) is 0 Å². The van der Waals surface area contributed by atoms with E-state index in [0.29, 0.717) is 6.61 Å². The maximum atomic E-state index is 5.50. The molecule has 0 aromatic heterocycles. The highest BCUT2D eigenvalue weighted by molar-refractivity contribution is 5.69. The fourth-order valence-corrected chi connectivity index (χ4v) is 2.68. The zero-order valence-corrected chi connectivity index (χ0v) is 11.3. The van der Waals surface area contributed by atoms with E-state index >= 15 is 0 Å². The van der Waals surface area contributed by atoms with E-state index < -0.39 is 0 Å². The maximum absolute atomic E-state index is 5.50. The summed E-state index contributed by atoms with van der Waals surface area (Å²) in [5.74, 6) is 0.939. The molecule has 2 nitrogen and oxygen atoms in total. The van der Waals surface area contributed by atoms with Gasteiger partial charge in [0, 0.05) is 6.54 Å². The summed E-state index contributed by atoms with van der Waals surface area (Å²) in [5, 5.41) is 3.46. The smallest absolute Gasteiger partial charge is 0.119 e. The number of fused-ring (bicyclic) bond motifs is 1. The van der Waals surface area contributed by atoms with Crippen LogP contribution in [-0.4, -0.2) is 13.2 Å². The largest absolute Gasteiger partial charge is 0.494 e. The first-order chi connectivity index (χ1) is 9.38. The van der Waals surface area contributed by atoms with Gasteiger partial charge in [0.15, 0.2) is 0 Å². The summed E-state index contributed by atoms with van der Waals surface area (Å²) in [7, 11) is 0. The minimum Gasteiger partial charge on any atom is -0.494 e. The third-order valence-corrected chi connectivity index (χ3v) is 3.62. The number of nitrogens with one attached hydrogen (secondary N) is 1. The monoisotopic (exact) mass is 253 g/mol. The zero-order valence-electron chi connectivity index (χ0n) is 11.3. The molecule has 0 unspecified atom stereocenters. The molecule has 3 rings (SSSR count). The highest BCUT2D eigenvalue weighted by Crippen LogP contribution is 2.29. The SMILES string of the molecule is CCOc1ccc(-c2cccc3c2CNCC3)cc1. The Morgan fingerprint density at radius 3 is 2.74 bits per heavy atom.